The minimum atomic E-state index is -4.54. The van der Waals surface area contributed by atoms with Crippen LogP contribution in [-0.2, 0) is 17.5 Å². The third kappa shape index (κ3) is 4.76. The molecule has 2 aromatic carbocycles. The molecule has 4 nitrogen and oxygen atoms in total. The highest BCUT2D eigenvalue weighted by Crippen LogP contribution is 2.34. The van der Waals surface area contributed by atoms with Crippen LogP contribution in [0, 0.1) is 5.92 Å². The van der Waals surface area contributed by atoms with Crippen molar-refractivity contribution < 1.29 is 22.7 Å². The van der Waals surface area contributed by atoms with E-state index in [1.165, 1.54) is 19.2 Å². The van der Waals surface area contributed by atoms with E-state index in [4.69, 9.17) is 10.5 Å². The van der Waals surface area contributed by atoms with Crippen LogP contribution in [0.4, 0.5) is 13.2 Å². The molecule has 2 rings (SSSR count). The van der Waals surface area contributed by atoms with Crippen molar-refractivity contribution in [2.24, 2.45) is 11.7 Å². The molecule has 0 aliphatic rings. The van der Waals surface area contributed by atoms with Gasteiger partial charge in [0.1, 0.15) is 5.75 Å². The summed E-state index contributed by atoms with van der Waals surface area (Å²) in [5.74, 6) is -0.901. The maximum absolute atomic E-state index is 13.2. The first kappa shape index (κ1) is 19.8. The molecule has 0 spiro atoms. The third-order valence-electron chi connectivity index (χ3n) is 4.21. The van der Waals surface area contributed by atoms with Gasteiger partial charge in [-0.15, -0.1) is 0 Å². The molecule has 0 aromatic heterocycles. The molecule has 26 heavy (non-hydrogen) atoms. The molecule has 0 aliphatic carbocycles. The van der Waals surface area contributed by atoms with E-state index in [1.807, 2.05) is 18.2 Å². The molecule has 0 radical (unpaired) electrons. The number of halogens is 3. The lowest BCUT2D eigenvalue weighted by Crippen LogP contribution is -2.35. The lowest BCUT2D eigenvalue weighted by atomic mass is 9.94. The molecule has 0 saturated heterocycles. The van der Waals surface area contributed by atoms with Crippen molar-refractivity contribution in [2.45, 2.75) is 25.7 Å². The van der Waals surface area contributed by atoms with Gasteiger partial charge in [-0.25, -0.2) is 0 Å². The van der Waals surface area contributed by atoms with Crippen LogP contribution in [0.2, 0.25) is 0 Å². The van der Waals surface area contributed by atoms with E-state index in [9.17, 15) is 18.0 Å². The number of alkyl halides is 3. The first-order chi connectivity index (χ1) is 12.2. The number of hydrogen-bond acceptors (Lipinski definition) is 3. The highest BCUT2D eigenvalue weighted by molar-refractivity contribution is 5.79. The predicted molar refractivity (Wildman–Crippen MR) is 92.4 cm³/mol. The van der Waals surface area contributed by atoms with Crippen molar-refractivity contribution in [3.63, 3.8) is 0 Å². The Morgan fingerprint density at radius 2 is 1.85 bits per heavy atom. The van der Waals surface area contributed by atoms with Gasteiger partial charge >= 0.3 is 6.18 Å². The Hall–Kier alpha value is -2.54. The van der Waals surface area contributed by atoms with Crippen LogP contribution in [0.1, 0.15) is 29.7 Å². The van der Waals surface area contributed by atoms with E-state index in [0.29, 0.717) is 0 Å². The lowest BCUT2D eigenvalue weighted by molar-refractivity contribution is -0.138. The lowest BCUT2D eigenvalue weighted by Gasteiger charge is -2.21. The van der Waals surface area contributed by atoms with E-state index in [0.717, 1.165) is 11.6 Å². The molecule has 140 valence electrons. The zero-order valence-corrected chi connectivity index (χ0v) is 14.5. The third-order valence-corrected chi connectivity index (χ3v) is 4.21. The maximum atomic E-state index is 13.2. The van der Waals surface area contributed by atoms with Gasteiger partial charge in [-0.05, 0) is 23.3 Å². The van der Waals surface area contributed by atoms with Crippen LogP contribution in [0.5, 0.6) is 5.75 Å². The summed E-state index contributed by atoms with van der Waals surface area (Å²) in [6.07, 6.45) is -4.54. The van der Waals surface area contributed by atoms with Gasteiger partial charge < -0.3 is 15.8 Å². The van der Waals surface area contributed by atoms with Gasteiger partial charge in [-0.2, -0.15) is 13.2 Å². The van der Waals surface area contributed by atoms with E-state index in [1.54, 1.807) is 19.1 Å². The molecule has 2 aromatic rings. The monoisotopic (exact) mass is 366 g/mol. The van der Waals surface area contributed by atoms with Crippen LogP contribution in [0.15, 0.2) is 48.5 Å². The van der Waals surface area contributed by atoms with Crippen LogP contribution in [0.25, 0.3) is 0 Å². The molecule has 0 fully saturated rings. The number of nitrogens with one attached hydrogen (secondary N) is 1. The molecule has 0 aliphatic heterocycles. The maximum Gasteiger partial charge on any atom is 0.416 e. The number of amides is 1. The fourth-order valence-electron chi connectivity index (χ4n) is 2.57. The normalized spacial score (nSPS) is 13.8. The molecular weight excluding hydrogens is 345 g/mol. The summed E-state index contributed by atoms with van der Waals surface area (Å²) in [6.45, 7) is 1.40. The Morgan fingerprint density at radius 1 is 1.19 bits per heavy atom. The van der Waals surface area contributed by atoms with Crippen LogP contribution in [-0.4, -0.2) is 13.0 Å². The van der Waals surface area contributed by atoms with Gasteiger partial charge in [0.2, 0.25) is 5.91 Å². The fourth-order valence-corrected chi connectivity index (χ4v) is 2.57. The van der Waals surface area contributed by atoms with Gasteiger partial charge in [0.25, 0.3) is 0 Å². The van der Waals surface area contributed by atoms with Gasteiger partial charge in [0.05, 0.1) is 18.6 Å². The molecule has 2 atom stereocenters. The fraction of sp³-hybridized carbons (Fsp3) is 0.316. The smallest absolute Gasteiger partial charge is 0.416 e. The van der Waals surface area contributed by atoms with Crippen molar-refractivity contribution in [1.82, 2.24) is 5.32 Å². The number of benzene rings is 2. The van der Waals surface area contributed by atoms with E-state index in [-0.39, 0.29) is 17.9 Å². The number of rotatable bonds is 6. The topological polar surface area (TPSA) is 64.3 Å². The Labute approximate surface area is 150 Å². The molecule has 1 amide bonds. The summed E-state index contributed by atoms with van der Waals surface area (Å²) < 4.78 is 44.5. The minimum Gasteiger partial charge on any atom is -0.497 e. The van der Waals surface area contributed by atoms with Gasteiger partial charge in [0.15, 0.2) is 0 Å². The number of carbonyl (C=O) groups is 1. The molecular formula is C19H21F3N2O2. The second kappa shape index (κ2) is 8.23. The summed E-state index contributed by atoms with van der Waals surface area (Å²) in [7, 11) is 1.30. The van der Waals surface area contributed by atoms with Gasteiger partial charge in [0, 0.05) is 12.6 Å². The Bertz CT molecular complexity index is 748. The highest BCUT2D eigenvalue weighted by Gasteiger charge is 2.34. The number of hydrogen-bond donors (Lipinski definition) is 2. The highest BCUT2D eigenvalue weighted by atomic mass is 19.4. The van der Waals surface area contributed by atoms with E-state index < -0.39 is 29.6 Å². The zero-order valence-electron chi connectivity index (χ0n) is 14.5. The van der Waals surface area contributed by atoms with E-state index in [2.05, 4.69) is 5.32 Å². The van der Waals surface area contributed by atoms with Crippen LogP contribution >= 0.6 is 0 Å². The number of nitrogens with two attached hydrogens (primary N) is 1. The van der Waals surface area contributed by atoms with Crippen LogP contribution < -0.4 is 15.8 Å². The molecule has 7 heteroatoms. The quantitative estimate of drug-likeness (QED) is 0.820. The SMILES string of the molecule is COc1ccc(CNC(=O)C(C)C(N)c2ccccc2)c(C(F)(F)F)c1. The Morgan fingerprint density at radius 3 is 2.42 bits per heavy atom. The van der Waals surface area contributed by atoms with Crippen LogP contribution in [0.3, 0.4) is 0 Å². The van der Waals surface area contributed by atoms with E-state index >= 15 is 0 Å². The largest absolute Gasteiger partial charge is 0.497 e. The summed E-state index contributed by atoms with van der Waals surface area (Å²) in [5.41, 5.74) is 6.00. The first-order valence-corrected chi connectivity index (χ1v) is 8.06. The first-order valence-electron chi connectivity index (χ1n) is 8.06. The average molecular weight is 366 g/mol. The molecule has 2 unspecified atom stereocenters. The summed E-state index contributed by atoms with van der Waals surface area (Å²) in [5, 5.41) is 2.54. The van der Waals surface area contributed by atoms with Crippen molar-refractivity contribution in [3.05, 3.63) is 65.2 Å². The van der Waals surface area contributed by atoms with Crippen molar-refractivity contribution in [2.75, 3.05) is 7.11 Å². The zero-order chi connectivity index (χ0) is 19.3. The minimum absolute atomic E-state index is 0.0351. The molecule has 0 saturated carbocycles. The molecule has 0 bridgehead atoms. The summed E-state index contributed by atoms with van der Waals surface area (Å²) in [4.78, 5) is 12.3. The van der Waals surface area contributed by atoms with Crippen molar-refractivity contribution in [1.29, 1.82) is 0 Å². The Balaban J connectivity index is 2.09. The summed E-state index contributed by atoms with van der Waals surface area (Å²) >= 11 is 0. The van der Waals surface area contributed by atoms with Gasteiger partial charge in [-0.1, -0.05) is 43.3 Å². The number of ether oxygens (including phenoxy) is 1. The number of methoxy groups -OCH3 is 1. The predicted octanol–water partition coefficient (Wildman–Crippen LogP) is 3.67. The Kier molecular flexibility index (Phi) is 6.26. The van der Waals surface area contributed by atoms with Crippen molar-refractivity contribution in [3.8, 4) is 5.75 Å². The van der Waals surface area contributed by atoms with Crippen molar-refractivity contribution >= 4 is 5.91 Å². The second-order valence-corrected chi connectivity index (χ2v) is 5.96. The standard InChI is InChI=1S/C19H21F3N2O2/c1-12(17(23)13-6-4-3-5-7-13)18(25)24-11-14-8-9-15(26-2)10-16(14)19(20,21)22/h3-10,12,17H,11,23H2,1-2H3,(H,24,25). The molecule has 0 heterocycles. The summed E-state index contributed by atoms with van der Waals surface area (Å²) in [6, 6.07) is 12.2. The number of carbonyl (C=O) groups excluding carboxylic acids is 1. The van der Waals surface area contributed by atoms with Gasteiger partial charge in [-0.3, -0.25) is 4.79 Å². The second-order valence-electron chi connectivity index (χ2n) is 5.96. The molecule has 3 N–H and O–H groups in total. The average Bonchev–Trinajstić information content (AvgIpc) is 2.64.